The van der Waals surface area contributed by atoms with Gasteiger partial charge in [-0.2, -0.15) is 35.9 Å². The Bertz CT molecular complexity index is 212. The van der Waals surface area contributed by atoms with Crippen molar-refractivity contribution in [3.8, 4) is 0 Å². The van der Waals surface area contributed by atoms with Gasteiger partial charge in [0.05, 0.1) is 0 Å². The molecule has 0 aromatic heterocycles. The van der Waals surface area contributed by atoms with Crippen LogP contribution in [0.15, 0.2) is 24.3 Å². The predicted octanol–water partition coefficient (Wildman–Crippen LogP) is -5.67. The van der Waals surface area contributed by atoms with Crippen LogP contribution in [0.5, 0.6) is 0 Å². The fourth-order valence-corrected chi connectivity index (χ4v) is 0.768. The molecule has 0 saturated heterocycles. The second-order valence-corrected chi connectivity index (χ2v) is 2.79. The first-order chi connectivity index (χ1) is 4.61. The molecule has 1 aromatic rings. The van der Waals surface area contributed by atoms with Gasteiger partial charge in [-0.3, -0.25) is 0 Å². The molecule has 0 aliphatic heterocycles. The van der Waals surface area contributed by atoms with Crippen molar-refractivity contribution in [3.05, 3.63) is 35.9 Å². The Labute approximate surface area is 139 Å². The van der Waals surface area contributed by atoms with Crippen molar-refractivity contribution < 1.29 is 39.1 Å². The van der Waals surface area contributed by atoms with Crippen molar-refractivity contribution in [2.75, 3.05) is 0 Å². The quantitative estimate of drug-likeness (QED) is 0.369. The smallest absolute Gasteiger partial charge is 1.00 e. The van der Waals surface area contributed by atoms with Gasteiger partial charge in [-0.1, -0.05) is 13.8 Å². The fourth-order valence-electron chi connectivity index (χ4n) is 0.768. The van der Waals surface area contributed by atoms with Gasteiger partial charge in [0.15, 0.2) is 0 Å². The van der Waals surface area contributed by atoms with Crippen LogP contribution in [0.4, 0.5) is 0 Å². The molecule has 0 amide bonds. The molecule has 0 bridgehead atoms. The van der Waals surface area contributed by atoms with Gasteiger partial charge >= 0.3 is 46.1 Å². The van der Waals surface area contributed by atoms with Gasteiger partial charge < -0.3 is 39.1 Å². The molecule has 1 nitrogen and oxygen atoms in total. The maximum absolute atomic E-state index is 11.3. The van der Waals surface area contributed by atoms with E-state index in [1.807, 2.05) is 12.1 Å². The van der Waals surface area contributed by atoms with E-state index < -0.39 is 5.60 Å². The summed E-state index contributed by atoms with van der Waals surface area (Å²) in [6.45, 7) is 3.28. The predicted molar refractivity (Wildman–Crippen MR) is 49.8 cm³/mol. The molecular formula is C9H10Br2Mg2O. The topological polar surface area (TPSA) is 23.1 Å². The molecule has 0 fully saturated rings. The van der Waals surface area contributed by atoms with E-state index in [-0.39, 0.29) is 80.1 Å². The third-order valence-corrected chi connectivity index (χ3v) is 1.36. The van der Waals surface area contributed by atoms with Crippen LogP contribution in [-0.4, -0.2) is 46.1 Å². The van der Waals surface area contributed by atoms with Gasteiger partial charge in [-0.25, -0.2) is 0 Å². The minimum absolute atomic E-state index is 0. The number of benzene rings is 1. The van der Waals surface area contributed by atoms with Gasteiger partial charge in [-0.05, 0) is 0 Å². The van der Waals surface area contributed by atoms with Crippen LogP contribution in [0.25, 0.3) is 0 Å². The average Bonchev–Trinajstić information content (AvgIpc) is 1.88. The maximum atomic E-state index is 11.3. The molecule has 0 heterocycles. The van der Waals surface area contributed by atoms with Crippen LogP contribution in [0.2, 0.25) is 0 Å². The molecule has 5 heteroatoms. The van der Waals surface area contributed by atoms with Gasteiger partial charge in [-0.15, -0.1) is 5.60 Å². The summed E-state index contributed by atoms with van der Waals surface area (Å²) in [5.41, 5.74) is -0.295. The minimum Gasteiger partial charge on any atom is -1.00 e. The summed E-state index contributed by atoms with van der Waals surface area (Å²) >= 11 is 0. The molecular weight excluding hydrogens is 333 g/mol. The van der Waals surface area contributed by atoms with E-state index in [2.05, 4.69) is 6.07 Å². The van der Waals surface area contributed by atoms with Crippen LogP contribution in [0.1, 0.15) is 19.4 Å². The monoisotopic (exact) mass is 340 g/mol. The van der Waals surface area contributed by atoms with Crippen molar-refractivity contribution >= 4 is 46.1 Å². The first kappa shape index (κ1) is 24.8. The Morgan fingerprint density at radius 3 is 1.86 bits per heavy atom. The molecule has 1 aromatic carbocycles. The summed E-state index contributed by atoms with van der Waals surface area (Å²) in [6.07, 6.45) is 0. The van der Waals surface area contributed by atoms with E-state index in [9.17, 15) is 5.11 Å². The Balaban J connectivity index is -0.000000125. The second kappa shape index (κ2) is 11.2. The zero-order valence-corrected chi connectivity index (χ0v) is 14.4. The molecule has 70 valence electrons. The summed E-state index contributed by atoms with van der Waals surface area (Å²) in [4.78, 5) is 0. The van der Waals surface area contributed by atoms with E-state index in [0.717, 1.165) is 5.56 Å². The molecule has 0 saturated carbocycles. The van der Waals surface area contributed by atoms with Crippen LogP contribution < -0.4 is 39.1 Å². The molecule has 0 atom stereocenters. The van der Waals surface area contributed by atoms with E-state index >= 15 is 0 Å². The molecule has 14 heavy (non-hydrogen) atoms. The number of hydrogen-bond donors (Lipinski definition) is 0. The van der Waals surface area contributed by atoms with E-state index in [1.165, 1.54) is 0 Å². The standard InChI is InChI=1S/C9H10O.2BrH.2Mg/c1-9(2,10)8-6-4-3-5-7-8;;;;/h3-6H,1-2H3;2*1H;;/q-2;;;2*+2/p-2. The van der Waals surface area contributed by atoms with Crippen LogP contribution in [0, 0.1) is 6.07 Å². The Morgan fingerprint density at radius 1 is 1.14 bits per heavy atom. The van der Waals surface area contributed by atoms with Crippen LogP contribution >= 0.6 is 0 Å². The van der Waals surface area contributed by atoms with Crippen molar-refractivity contribution in [3.63, 3.8) is 0 Å². The molecule has 0 radical (unpaired) electrons. The van der Waals surface area contributed by atoms with Gasteiger partial charge in [0.25, 0.3) is 0 Å². The van der Waals surface area contributed by atoms with E-state index in [1.54, 1.807) is 26.0 Å². The first-order valence-electron chi connectivity index (χ1n) is 3.28. The van der Waals surface area contributed by atoms with Crippen molar-refractivity contribution in [2.45, 2.75) is 19.4 Å². The van der Waals surface area contributed by atoms with Crippen molar-refractivity contribution in [1.82, 2.24) is 0 Å². The molecule has 0 aliphatic carbocycles. The molecule has 0 spiro atoms. The van der Waals surface area contributed by atoms with Crippen LogP contribution in [-0.2, 0) is 5.60 Å². The number of halogens is 2. The summed E-state index contributed by atoms with van der Waals surface area (Å²) in [7, 11) is 0. The van der Waals surface area contributed by atoms with E-state index in [0.29, 0.717) is 0 Å². The first-order valence-corrected chi connectivity index (χ1v) is 3.28. The van der Waals surface area contributed by atoms with Gasteiger partial charge in [0.1, 0.15) is 0 Å². The minimum atomic E-state index is -1.01. The Kier molecular flexibility index (Phi) is 19.8. The summed E-state index contributed by atoms with van der Waals surface area (Å²) in [5.74, 6) is 0. The van der Waals surface area contributed by atoms with Crippen molar-refractivity contribution in [2.24, 2.45) is 0 Å². The van der Waals surface area contributed by atoms with Gasteiger partial charge in [0.2, 0.25) is 0 Å². The van der Waals surface area contributed by atoms with Crippen LogP contribution in [0.3, 0.4) is 0 Å². The molecule has 0 N–H and O–H groups in total. The fraction of sp³-hybridized carbons (Fsp3) is 0.333. The number of hydrogen-bond acceptors (Lipinski definition) is 1. The summed E-state index contributed by atoms with van der Waals surface area (Å²) < 4.78 is 0. The zero-order valence-electron chi connectivity index (χ0n) is 8.39. The van der Waals surface area contributed by atoms with Crippen molar-refractivity contribution in [1.29, 1.82) is 0 Å². The number of rotatable bonds is 1. The molecule has 0 aliphatic rings. The SMILES string of the molecule is CC(C)([O-])c1[c-]cccc1.[Br-].[Br-].[Mg+2].[Mg+2]. The molecule has 0 unspecified atom stereocenters. The third-order valence-electron chi connectivity index (χ3n) is 1.36. The zero-order chi connectivity index (χ0) is 7.61. The maximum Gasteiger partial charge on any atom is 2.00 e. The van der Waals surface area contributed by atoms with E-state index in [4.69, 9.17) is 0 Å². The summed E-state index contributed by atoms with van der Waals surface area (Å²) in [6, 6.07) is 10.2. The summed E-state index contributed by atoms with van der Waals surface area (Å²) in [5, 5.41) is 11.3. The molecule has 1 rings (SSSR count). The largest absolute Gasteiger partial charge is 2.00 e. The third kappa shape index (κ3) is 8.94. The Hall–Kier alpha value is 1.67. The van der Waals surface area contributed by atoms with Gasteiger partial charge in [0, 0.05) is 0 Å². The normalized spacial score (nSPS) is 8.21. The Morgan fingerprint density at radius 2 is 1.64 bits per heavy atom. The second-order valence-electron chi connectivity index (χ2n) is 2.79. The average molecular weight is 343 g/mol.